The zero-order chi connectivity index (χ0) is 26.1. The largest absolute Gasteiger partial charge is 0.355 e. The predicted octanol–water partition coefficient (Wildman–Crippen LogP) is 4.24. The number of carbonyl (C=O) groups excluding carboxylic acids is 2. The lowest BCUT2D eigenvalue weighted by Crippen LogP contribution is -2.52. The number of hydrogen-bond acceptors (Lipinski definition) is 4. The molecule has 1 N–H and O–H groups in total. The van der Waals surface area contributed by atoms with E-state index in [1.54, 1.807) is 49.4 Å². The molecule has 0 spiro atoms. The summed E-state index contributed by atoms with van der Waals surface area (Å²) in [6.07, 6.45) is 0.528. The fourth-order valence-corrected chi connectivity index (χ4v) is 5.45. The number of nitrogens with zero attached hydrogens (tertiary/aromatic N) is 2. The lowest BCUT2D eigenvalue weighted by atomic mass is 10.1. The Balaban J connectivity index is 1.95. The van der Waals surface area contributed by atoms with Crippen LogP contribution in [-0.2, 0) is 26.0 Å². The van der Waals surface area contributed by atoms with Gasteiger partial charge < -0.3 is 10.2 Å². The summed E-state index contributed by atoms with van der Waals surface area (Å²) in [5.41, 5.74) is 1.36. The minimum atomic E-state index is -4.05. The number of anilines is 1. The summed E-state index contributed by atoms with van der Waals surface area (Å²) < 4.78 is 29.1. The van der Waals surface area contributed by atoms with Gasteiger partial charge in [0.05, 0.1) is 10.6 Å². The van der Waals surface area contributed by atoms with Gasteiger partial charge in [-0.05, 0) is 62.2 Å². The molecular weight excluding hydrogens is 542 g/mol. The molecule has 3 aromatic rings. The molecule has 3 rings (SSSR count). The lowest BCUT2D eigenvalue weighted by molar-refractivity contribution is -0.138. The van der Waals surface area contributed by atoms with Crippen molar-refractivity contribution in [2.75, 3.05) is 23.9 Å². The zero-order valence-corrected chi connectivity index (χ0v) is 22.7. The van der Waals surface area contributed by atoms with E-state index < -0.39 is 28.5 Å². The molecule has 0 aliphatic heterocycles. The average Bonchev–Trinajstić information content (AvgIpc) is 2.89. The number of sulfonamides is 1. The second-order valence-electron chi connectivity index (χ2n) is 8.19. The Kier molecular flexibility index (Phi) is 9.66. The number of halogens is 1. The Bertz CT molecular complexity index is 1250. The van der Waals surface area contributed by atoms with Gasteiger partial charge in [-0.15, -0.1) is 0 Å². The maximum absolute atomic E-state index is 13.7. The Morgan fingerprint density at radius 2 is 1.50 bits per heavy atom. The van der Waals surface area contributed by atoms with Crippen LogP contribution in [0.25, 0.3) is 0 Å². The van der Waals surface area contributed by atoms with E-state index in [0.29, 0.717) is 18.7 Å². The van der Waals surface area contributed by atoms with Gasteiger partial charge in [0.25, 0.3) is 10.0 Å². The number of nitrogens with one attached hydrogen (secondary N) is 1. The second kappa shape index (κ2) is 12.7. The highest BCUT2D eigenvalue weighted by atomic mass is 79.9. The molecule has 0 unspecified atom stereocenters. The van der Waals surface area contributed by atoms with Crippen LogP contribution in [0.15, 0.2) is 94.3 Å². The molecule has 2 amide bonds. The minimum Gasteiger partial charge on any atom is -0.355 e. The quantitative estimate of drug-likeness (QED) is 0.373. The van der Waals surface area contributed by atoms with Gasteiger partial charge in [0.2, 0.25) is 11.8 Å². The van der Waals surface area contributed by atoms with Gasteiger partial charge in [-0.25, -0.2) is 8.42 Å². The highest BCUT2D eigenvalue weighted by molar-refractivity contribution is 9.10. The molecule has 0 aromatic heterocycles. The molecule has 0 radical (unpaired) electrons. The van der Waals surface area contributed by atoms with Crippen LogP contribution >= 0.6 is 15.9 Å². The first-order chi connectivity index (χ1) is 17.2. The molecule has 0 heterocycles. The van der Waals surface area contributed by atoms with Crippen molar-refractivity contribution < 1.29 is 18.0 Å². The maximum atomic E-state index is 13.7. The highest BCUT2D eigenvalue weighted by Crippen LogP contribution is 2.25. The van der Waals surface area contributed by atoms with Crippen molar-refractivity contribution in [3.63, 3.8) is 0 Å². The van der Waals surface area contributed by atoms with Gasteiger partial charge in [-0.2, -0.15) is 0 Å². The molecule has 0 saturated heterocycles. The van der Waals surface area contributed by atoms with E-state index >= 15 is 0 Å². The number of rotatable bonds is 11. The van der Waals surface area contributed by atoms with Crippen molar-refractivity contribution in [3.8, 4) is 0 Å². The summed E-state index contributed by atoms with van der Waals surface area (Å²) in [6, 6.07) is 23.6. The summed E-state index contributed by atoms with van der Waals surface area (Å²) >= 11 is 3.37. The average molecular weight is 573 g/mol. The van der Waals surface area contributed by atoms with Crippen molar-refractivity contribution in [2.45, 2.75) is 31.2 Å². The van der Waals surface area contributed by atoms with Gasteiger partial charge in [0.15, 0.2) is 0 Å². The van der Waals surface area contributed by atoms with Crippen LogP contribution in [0, 0.1) is 0 Å². The molecule has 7 nitrogen and oxygen atoms in total. The van der Waals surface area contributed by atoms with Crippen molar-refractivity contribution >= 4 is 43.5 Å². The molecule has 190 valence electrons. The van der Waals surface area contributed by atoms with Crippen LogP contribution in [0.3, 0.4) is 0 Å². The number of benzene rings is 3. The zero-order valence-electron chi connectivity index (χ0n) is 20.3. The standard InChI is InChI=1S/C27H30BrN3O4S/c1-3-29-27(33)21(2)30(19-18-22-10-6-4-7-11-22)26(32)20-31(24-16-14-23(28)15-17-24)36(34,35)25-12-8-5-9-13-25/h4-17,21H,3,18-20H2,1-2H3,(H,29,33)/t21-/m0/s1. The fourth-order valence-electron chi connectivity index (χ4n) is 3.75. The first kappa shape index (κ1) is 27.4. The number of likely N-dealkylation sites (N-methyl/N-ethyl adjacent to an activating group) is 1. The molecule has 0 bridgehead atoms. The third kappa shape index (κ3) is 6.95. The molecule has 0 aliphatic carbocycles. The minimum absolute atomic E-state index is 0.0772. The summed E-state index contributed by atoms with van der Waals surface area (Å²) in [5, 5.41) is 2.76. The van der Waals surface area contributed by atoms with Crippen molar-refractivity contribution in [1.82, 2.24) is 10.2 Å². The maximum Gasteiger partial charge on any atom is 0.264 e. The number of hydrogen-bond donors (Lipinski definition) is 1. The van der Waals surface area contributed by atoms with E-state index in [0.717, 1.165) is 14.3 Å². The molecule has 0 aliphatic rings. The van der Waals surface area contributed by atoms with Gasteiger partial charge >= 0.3 is 0 Å². The van der Waals surface area contributed by atoms with Crippen LogP contribution in [-0.4, -0.2) is 50.8 Å². The van der Waals surface area contributed by atoms with Gasteiger partial charge in [0, 0.05) is 17.6 Å². The topological polar surface area (TPSA) is 86.8 Å². The summed E-state index contributed by atoms with van der Waals surface area (Å²) in [7, 11) is -4.05. The SMILES string of the molecule is CCNC(=O)[C@H](C)N(CCc1ccccc1)C(=O)CN(c1ccc(Br)cc1)S(=O)(=O)c1ccccc1. The van der Waals surface area contributed by atoms with Crippen LogP contribution in [0.2, 0.25) is 0 Å². The van der Waals surface area contributed by atoms with E-state index in [1.165, 1.54) is 17.0 Å². The number of carbonyl (C=O) groups is 2. The van der Waals surface area contributed by atoms with Crippen molar-refractivity contribution in [2.24, 2.45) is 0 Å². The second-order valence-corrected chi connectivity index (χ2v) is 11.0. The molecule has 0 fully saturated rings. The Morgan fingerprint density at radius 3 is 2.08 bits per heavy atom. The lowest BCUT2D eigenvalue weighted by Gasteiger charge is -2.32. The van der Waals surface area contributed by atoms with E-state index in [4.69, 9.17) is 0 Å². The molecule has 3 aromatic carbocycles. The van der Waals surface area contributed by atoms with Crippen molar-refractivity contribution in [3.05, 3.63) is 95.0 Å². The summed E-state index contributed by atoms with van der Waals surface area (Å²) in [6.45, 7) is 3.71. The van der Waals surface area contributed by atoms with E-state index in [2.05, 4.69) is 21.2 Å². The van der Waals surface area contributed by atoms with Crippen LogP contribution in [0.1, 0.15) is 19.4 Å². The number of amides is 2. The fraction of sp³-hybridized carbons (Fsp3) is 0.259. The Labute approximate surface area is 221 Å². The summed E-state index contributed by atoms with van der Waals surface area (Å²) in [4.78, 5) is 27.9. The monoisotopic (exact) mass is 571 g/mol. The van der Waals surface area contributed by atoms with Crippen molar-refractivity contribution in [1.29, 1.82) is 0 Å². The van der Waals surface area contributed by atoms with Gasteiger partial charge in [0.1, 0.15) is 12.6 Å². The van der Waals surface area contributed by atoms with E-state index in [-0.39, 0.29) is 17.3 Å². The molecular formula is C27H30BrN3O4S. The van der Waals surface area contributed by atoms with Crippen LogP contribution in [0.5, 0.6) is 0 Å². The Morgan fingerprint density at radius 1 is 0.917 bits per heavy atom. The predicted molar refractivity (Wildman–Crippen MR) is 145 cm³/mol. The molecule has 36 heavy (non-hydrogen) atoms. The molecule has 1 atom stereocenters. The van der Waals surface area contributed by atoms with E-state index in [1.807, 2.05) is 37.3 Å². The molecule has 0 saturated carbocycles. The molecule has 9 heteroatoms. The van der Waals surface area contributed by atoms with Crippen LogP contribution in [0.4, 0.5) is 5.69 Å². The third-order valence-electron chi connectivity index (χ3n) is 5.73. The van der Waals surface area contributed by atoms with E-state index in [9.17, 15) is 18.0 Å². The van der Waals surface area contributed by atoms with Gasteiger partial charge in [-0.3, -0.25) is 13.9 Å². The summed E-state index contributed by atoms with van der Waals surface area (Å²) in [5.74, 6) is -0.757. The van der Waals surface area contributed by atoms with Crippen LogP contribution < -0.4 is 9.62 Å². The smallest absolute Gasteiger partial charge is 0.264 e. The Hall–Kier alpha value is -3.17. The normalized spacial score (nSPS) is 12.0. The first-order valence-electron chi connectivity index (χ1n) is 11.7. The third-order valence-corrected chi connectivity index (χ3v) is 8.04. The first-order valence-corrected chi connectivity index (χ1v) is 13.9. The highest BCUT2D eigenvalue weighted by Gasteiger charge is 2.32. The van der Waals surface area contributed by atoms with Gasteiger partial charge in [-0.1, -0.05) is 64.5 Å².